The van der Waals surface area contributed by atoms with Crippen molar-refractivity contribution < 1.29 is 18.9 Å². The number of amides is 1. The SMILES string of the molecule is CCn1ccc(CN(C)C(=O)c2ccc(COc3ccccc3[N+](=O)[O-])o2)n1. The molecular formula is C19H20N4O5. The summed E-state index contributed by atoms with van der Waals surface area (Å²) in [6.45, 7) is 3.08. The summed E-state index contributed by atoms with van der Waals surface area (Å²) in [7, 11) is 1.67. The predicted molar refractivity (Wildman–Crippen MR) is 99.8 cm³/mol. The Hall–Kier alpha value is -3.62. The lowest BCUT2D eigenvalue weighted by Gasteiger charge is -2.14. The van der Waals surface area contributed by atoms with Gasteiger partial charge in [-0.15, -0.1) is 0 Å². The minimum atomic E-state index is -0.513. The number of benzene rings is 1. The standard InChI is InChI=1S/C19H20N4O5/c1-3-22-11-10-14(20-22)12-21(2)19(24)18-9-8-15(28-18)13-27-17-7-5-4-6-16(17)23(25)26/h4-11H,3,12-13H2,1-2H3. The van der Waals surface area contributed by atoms with Crippen LogP contribution in [0.1, 0.15) is 28.9 Å². The van der Waals surface area contributed by atoms with Gasteiger partial charge in [0, 0.05) is 25.9 Å². The van der Waals surface area contributed by atoms with Gasteiger partial charge in [0.05, 0.1) is 17.2 Å². The smallest absolute Gasteiger partial charge is 0.310 e. The summed E-state index contributed by atoms with van der Waals surface area (Å²) in [5.41, 5.74) is 0.654. The van der Waals surface area contributed by atoms with E-state index in [1.165, 1.54) is 17.0 Å². The number of aryl methyl sites for hydroxylation is 1. The monoisotopic (exact) mass is 384 g/mol. The van der Waals surface area contributed by atoms with E-state index in [0.29, 0.717) is 12.3 Å². The van der Waals surface area contributed by atoms with Crippen LogP contribution in [0.5, 0.6) is 5.75 Å². The highest BCUT2D eigenvalue weighted by Gasteiger charge is 2.18. The van der Waals surface area contributed by atoms with Gasteiger partial charge >= 0.3 is 5.69 Å². The molecule has 3 aromatic rings. The third kappa shape index (κ3) is 4.37. The number of rotatable bonds is 8. The highest BCUT2D eigenvalue weighted by atomic mass is 16.6. The Balaban J connectivity index is 1.61. The van der Waals surface area contributed by atoms with Gasteiger partial charge in [0.25, 0.3) is 5.91 Å². The summed E-state index contributed by atoms with van der Waals surface area (Å²) < 4.78 is 12.8. The molecule has 0 unspecified atom stereocenters. The third-order valence-electron chi connectivity index (χ3n) is 4.07. The van der Waals surface area contributed by atoms with E-state index in [2.05, 4.69) is 5.10 Å². The van der Waals surface area contributed by atoms with Gasteiger partial charge in [0.15, 0.2) is 11.5 Å². The summed E-state index contributed by atoms with van der Waals surface area (Å²) in [6, 6.07) is 11.1. The van der Waals surface area contributed by atoms with Crippen molar-refractivity contribution in [2.45, 2.75) is 26.6 Å². The Bertz CT molecular complexity index is 978. The van der Waals surface area contributed by atoms with Gasteiger partial charge in [-0.25, -0.2) is 0 Å². The molecule has 146 valence electrons. The summed E-state index contributed by atoms with van der Waals surface area (Å²) in [5, 5.41) is 15.4. The molecule has 1 amide bonds. The fourth-order valence-corrected chi connectivity index (χ4v) is 2.62. The van der Waals surface area contributed by atoms with Gasteiger partial charge in [-0.2, -0.15) is 5.10 Å². The first-order chi connectivity index (χ1) is 13.5. The zero-order chi connectivity index (χ0) is 20.1. The van der Waals surface area contributed by atoms with E-state index in [9.17, 15) is 14.9 Å². The molecule has 2 aromatic heterocycles. The zero-order valence-electron chi connectivity index (χ0n) is 15.6. The quantitative estimate of drug-likeness (QED) is 0.436. The first kappa shape index (κ1) is 19.2. The van der Waals surface area contributed by atoms with Gasteiger partial charge in [0.2, 0.25) is 0 Å². The second-order valence-electron chi connectivity index (χ2n) is 6.10. The van der Waals surface area contributed by atoms with E-state index in [0.717, 1.165) is 12.2 Å². The molecule has 0 fully saturated rings. The molecule has 0 atom stereocenters. The van der Waals surface area contributed by atoms with Crippen LogP contribution in [0.2, 0.25) is 0 Å². The van der Waals surface area contributed by atoms with Gasteiger partial charge < -0.3 is 14.1 Å². The molecule has 3 rings (SSSR count). The van der Waals surface area contributed by atoms with Crippen molar-refractivity contribution in [3.05, 3.63) is 76.0 Å². The first-order valence-electron chi connectivity index (χ1n) is 8.70. The van der Waals surface area contributed by atoms with Crippen LogP contribution >= 0.6 is 0 Å². The zero-order valence-corrected chi connectivity index (χ0v) is 15.6. The van der Waals surface area contributed by atoms with Crippen LogP contribution in [-0.2, 0) is 19.7 Å². The van der Waals surface area contributed by atoms with Crippen molar-refractivity contribution >= 4 is 11.6 Å². The molecule has 1 aromatic carbocycles. The maximum absolute atomic E-state index is 12.5. The van der Waals surface area contributed by atoms with Crippen molar-refractivity contribution in [3.8, 4) is 5.75 Å². The molecule has 0 aliphatic rings. The molecule has 9 heteroatoms. The number of hydrogen-bond donors (Lipinski definition) is 0. The van der Waals surface area contributed by atoms with E-state index in [1.807, 2.05) is 19.2 Å². The van der Waals surface area contributed by atoms with Crippen LogP contribution in [0.15, 0.2) is 53.1 Å². The molecule has 0 aliphatic carbocycles. The summed E-state index contributed by atoms with van der Waals surface area (Å²) in [6.07, 6.45) is 1.86. The normalized spacial score (nSPS) is 10.6. The maximum Gasteiger partial charge on any atom is 0.310 e. The second kappa shape index (κ2) is 8.38. The molecule has 0 saturated heterocycles. The lowest BCUT2D eigenvalue weighted by Crippen LogP contribution is -2.26. The number of aromatic nitrogens is 2. The predicted octanol–water partition coefficient (Wildman–Crippen LogP) is 3.26. The van der Waals surface area contributed by atoms with Crippen molar-refractivity contribution in [2.24, 2.45) is 0 Å². The summed E-state index contributed by atoms with van der Waals surface area (Å²) in [4.78, 5) is 24.5. The lowest BCUT2D eigenvalue weighted by molar-refractivity contribution is -0.386. The Labute approximate surface area is 161 Å². The van der Waals surface area contributed by atoms with Gasteiger partial charge in [-0.1, -0.05) is 12.1 Å². The van der Waals surface area contributed by atoms with Crippen molar-refractivity contribution in [2.75, 3.05) is 7.05 Å². The number of ether oxygens (including phenoxy) is 1. The number of furan rings is 1. The molecule has 28 heavy (non-hydrogen) atoms. The summed E-state index contributed by atoms with van der Waals surface area (Å²) >= 11 is 0. The van der Waals surface area contributed by atoms with E-state index < -0.39 is 4.92 Å². The van der Waals surface area contributed by atoms with Crippen LogP contribution < -0.4 is 4.74 Å². The minimum absolute atomic E-state index is 0.0250. The Morgan fingerprint density at radius 2 is 2.07 bits per heavy atom. The molecule has 0 saturated carbocycles. The molecule has 2 heterocycles. The average Bonchev–Trinajstić information content (AvgIpc) is 3.35. The van der Waals surface area contributed by atoms with Crippen molar-refractivity contribution in [1.82, 2.24) is 14.7 Å². The molecule has 0 aliphatic heterocycles. The van der Waals surface area contributed by atoms with Gasteiger partial charge in [0.1, 0.15) is 12.4 Å². The average molecular weight is 384 g/mol. The first-order valence-corrected chi connectivity index (χ1v) is 8.70. The number of carbonyl (C=O) groups is 1. The van der Waals surface area contributed by atoms with E-state index in [-0.39, 0.29) is 29.7 Å². The fourth-order valence-electron chi connectivity index (χ4n) is 2.62. The van der Waals surface area contributed by atoms with Crippen molar-refractivity contribution in [1.29, 1.82) is 0 Å². The third-order valence-corrected chi connectivity index (χ3v) is 4.07. The number of nitro benzene ring substituents is 1. The molecule has 0 N–H and O–H groups in total. The second-order valence-corrected chi connectivity index (χ2v) is 6.10. The van der Waals surface area contributed by atoms with Crippen LogP contribution in [-0.4, -0.2) is 32.6 Å². The number of nitrogens with zero attached hydrogens (tertiary/aromatic N) is 4. The van der Waals surface area contributed by atoms with E-state index in [4.69, 9.17) is 9.15 Å². The van der Waals surface area contributed by atoms with Gasteiger partial charge in [-0.3, -0.25) is 19.6 Å². The molecule has 0 radical (unpaired) electrons. The van der Waals surface area contributed by atoms with Crippen molar-refractivity contribution in [3.63, 3.8) is 0 Å². The molecular weight excluding hydrogens is 364 g/mol. The highest BCUT2D eigenvalue weighted by molar-refractivity contribution is 5.91. The molecule has 0 spiro atoms. The summed E-state index contributed by atoms with van der Waals surface area (Å²) in [5.74, 6) is 0.409. The maximum atomic E-state index is 12.5. The number of nitro groups is 1. The molecule has 9 nitrogen and oxygen atoms in total. The van der Waals surface area contributed by atoms with Crippen LogP contribution in [0.4, 0.5) is 5.69 Å². The van der Waals surface area contributed by atoms with Crippen LogP contribution in [0.3, 0.4) is 0 Å². The largest absolute Gasteiger partial charge is 0.479 e. The highest BCUT2D eigenvalue weighted by Crippen LogP contribution is 2.27. The van der Waals surface area contributed by atoms with Crippen LogP contribution in [0, 0.1) is 10.1 Å². The van der Waals surface area contributed by atoms with E-state index in [1.54, 1.807) is 36.0 Å². The Morgan fingerprint density at radius 1 is 1.29 bits per heavy atom. The Morgan fingerprint density at radius 3 is 2.79 bits per heavy atom. The fraction of sp³-hybridized carbons (Fsp3) is 0.263. The van der Waals surface area contributed by atoms with Gasteiger partial charge in [-0.05, 0) is 31.2 Å². The Kier molecular flexibility index (Phi) is 5.73. The number of hydrogen-bond acceptors (Lipinski definition) is 6. The lowest BCUT2D eigenvalue weighted by atomic mass is 10.3. The topological polar surface area (TPSA) is 104 Å². The molecule has 0 bridgehead atoms. The number of para-hydroxylation sites is 2. The van der Waals surface area contributed by atoms with E-state index >= 15 is 0 Å². The minimum Gasteiger partial charge on any atom is -0.479 e. The number of carbonyl (C=O) groups excluding carboxylic acids is 1. The van der Waals surface area contributed by atoms with Crippen LogP contribution in [0.25, 0.3) is 0 Å².